The van der Waals surface area contributed by atoms with Crippen molar-refractivity contribution in [1.82, 2.24) is 4.90 Å². The fraction of sp³-hybridized carbons (Fsp3) is 0.409. The van der Waals surface area contributed by atoms with Crippen LogP contribution in [0.1, 0.15) is 42.6 Å². The van der Waals surface area contributed by atoms with Crippen molar-refractivity contribution in [2.75, 3.05) is 31.1 Å². The Labute approximate surface area is 151 Å². The Kier molecular flexibility index (Phi) is 5.87. The van der Waals surface area contributed by atoms with Gasteiger partial charge in [-0.15, -0.1) is 0 Å². The maximum atomic E-state index is 12.5. The van der Waals surface area contributed by atoms with Crippen LogP contribution in [0.3, 0.4) is 0 Å². The van der Waals surface area contributed by atoms with Gasteiger partial charge in [0.05, 0.1) is 0 Å². The average molecular weight is 336 g/mol. The number of carbonyl (C=O) groups is 1. The highest BCUT2D eigenvalue weighted by molar-refractivity contribution is 6.09. The summed E-state index contributed by atoms with van der Waals surface area (Å²) in [7, 11) is 0. The topological polar surface area (TPSA) is 23.6 Å². The molecule has 1 heterocycles. The van der Waals surface area contributed by atoms with Crippen molar-refractivity contribution < 1.29 is 4.79 Å². The second-order valence-corrected chi connectivity index (χ2v) is 6.74. The molecule has 0 radical (unpaired) electrons. The molecule has 3 rings (SSSR count). The van der Waals surface area contributed by atoms with Crippen LogP contribution in [0.5, 0.6) is 0 Å². The lowest BCUT2D eigenvalue weighted by atomic mass is 10.0. The van der Waals surface area contributed by atoms with Gasteiger partial charge in [0.25, 0.3) is 0 Å². The van der Waals surface area contributed by atoms with Crippen LogP contribution in [0.4, 0.5) is 5.69 Å². The van der Waals surface area contributed by atoms with E-state index in [4.69, 9.17) is 0 Å². The first kappa shape index (κ1) is 17.7. The van der Waals surface area contributed by atoms with Gasteiger partial charge < -0.3 is 4.90 Å². The minimum absolute atomic E-state index is 0.0886. The molecule has 0 bridgehead atoms. The van der Waals surface area contributed by atoms with Gasteiger partial charge in [-0.25, -0.2) is 0 Å². The normalized spacial score (nSPS) is 15.6. The third-order valence-electron chi connectivity index (χ3n) is 5.30. The summed E-state index contributed by atoms with van der Waals surface area (Å²) in [5.74, 6) is 0.0886. The first-order chi connectivity index (χ1) is 12.2. The molecule has 132 valence electrons. The smallest absolute Gasteiger partial charge is 0.193 e. The van der Waals surface area contributed by atoms with Gasteiger partial charge in [-0.3, -0.25) is 9.69 Å². The van der Waals surface area contributed by atoms with Crippen molar-refractivity contribution >= 4 is 11.5 Å². The molecule has 0 aromatic heterocycles. The zero-order valence-corrected chi connectivity index (χ0v) is 15.3. The number of rotatable bonds is 6. The van der Waals surface area contributed by atoms with Gasteiger partial charge >= 0.3 is 0 Å². The van der Waals surface area contributed by atoms with E-state index >= 15 is 0 Å². The molecule has 1 aliphatic heterocycles. The highest BCUT2D eigenvalue weighted by Crippen LogP contribution is 2.20. The standard InChI is InChI=1S/C22H28N2O/c1-3-20(4-2)23-14-16-24(17-15-23)21-12-10-19(11-13-21)22(25)18-8-6-5-7-9-18/h5-13,20H,3-4,14-17H2,1-2H3. The highest BCUT2D eigenvalue weighted by atomic mass is 16.1. The molecular weight excluding hydrogens is 308 g/mol. The van der Waals surface area contributed by atoms with Crippen molar-refractivity contribution in [3.8, 4) is 0 Å². The van der Waals surface area contributed by atoms with E-state index in [9.17, 15) is 4.79 Å². The Morgan fingerprint density at radius 1 is 0.840 bits per heavy atom. The van der Waals surface area contributed by atoms with E-state index in [-0.39, 0.29) is 5.78 Å². The van der Waals surface area contributed by atoms with Gasteiger partial charge in [0.15, 0.2) is 5.78 Å². The summed E-state index contributed by atoms with van der Waals surface area (Å²) in [6.45, 7) is 8.92. The molecule has 0 atom stereocenters. The summed E-state index contributed by atoms with van der Waals surface area (Å²) in [6.07, 6.45) is 2.46. The maximum absolute atomic E-state index is 12.5. The monoisotopic (exact) mass is 336 g/mol. The van der Waals surface area contributed by atoms with E-state index < -0.39 is 0 Å². The number of nitrogens with zero attached hydrogens (tertiary/aromatic N) is 2. The van der Waals surface area contributed by atoms with Crippen molar-refractivity contribution in [3.63, 3.8) is 0 Å². The highest BCUT2D eigenvalue weighted by Gasteiger charge is 2.22. The molecule has 0 aliphatic carbocycles. The second-order valence-electron chi connectivity index (χ2n) is 6.74. The summed E-state index contributed by atoms with van der Waals surface area (Å²) < 4.78 is 0. The molecule has 2 aromatic carbocycles. The predicted octanol–water partition coefficient (Wildman–Crippen LogP) is 4.23. The van der Waals surface area contributed by atoms with E-state index in [2.05, 4.69) is 35.8 Å². The SMILES string of the molecule is CCC(CC)N1CCN(c2ccc(C(=O)c3ccccc3)cc2)CC1. The minimum Gasteiger partial charge on any atom is -0.369 e. The summed E-state index contributed by atoms with van der Waals surface area (Å²) in [6, 6.07) is 18.3. The Bertz CT molecular complexity index is 669. The Morgan fingerprint density at radius 3 is 1.96 bits per heavy atom. The number of benzene rings is 2. The van der Waals surface area contributed by atoms with Crippen LogP contribution in [0.15, 0.2) is 54.6 Å². The molecule has 25 heavy (non-hydrogen) atoms. The number of carbonyl (C=O) groups excluding carboxylic acids is 1. The molecule has 3 nitrogen and oxygen atoms in total. The molecule has 0 spiro atoms. The van der Waals surface area contributed by atoms with Gasteiger partial charge in [-0.1, -0.05) is 44.2 Å². The van der Waals surface area contributed by atoms with Gasteiger partial charge in [0, 0.05) is 49.0 Å². The molecule has 0 amide bonds. The lowest BCUT2D eigenvalue weighted by Gasteiger charge is -2.39. The van der Waals surface area contributed by atoms with Crippen LogP contribution in [0.25, 0.3) is 0 Å². The van der Waals surface area contributed by atoms with Crippen LogP contribution in [-0.2, 0) is 0 Å². The van der Waals surface area contributed by atoms with E-state index in [0.29, 0.717) is 6.04 Å². The van der Waals surface area contributed by atoms with E-state index in [0.717, 1.165) is 37.3 Å². The van der Waals surface area contributed by atoms with Crippen molar-refractivity contribution in [2.45, 2.75) is 32.7 Å². The number of hydrogen-bond acceptors (Lipinski definition) is 3. The van der Waals surface area contributed by atoms with Gasteiger partial charge in [0.2, 0.25) is 0 Å². The van der Waals surface area contributed by atoms with Crippen LogP contribution >= 0.6 is 0 Å². The van der Waals surface area contributed by atoms with E-state index in [1.54, 1.807) is 0 Å². The molecule has 0 saturated carbocycles. The van der Waals surface area contributed by atoms with Crippen LogP contribution < -0.4 is 4.90 Å². The van der Waals surface area contributed by atoms with Crippen LogP contribution in [0, 0.1) is 0 Å². The van der Waals surface area contributed by atoms with Gasteiger partial charge in [-0.05, 0) is 37.1 Å². The number of ketones is 1. The molecule has 2 aromatic rings. The third-order valence-corrected chi connectivity index (χ3v) is 5.30. The lowest BCUT2D eigenvalue weighted by molar-refractivity contribution is 0.103. The lowest BCUT2D eigenvalue weighted by Crippen LogP contribution is -2.50. The Morgan fingerprint density at radius 2 is 1.40 bits per heavy atom. The first-order valence-corrected chi connectivity index (χ1v) is 9.41. The fourth-order valence-electron chi connectivity index (χ4n) is 3.73. The Hall–Kier alpha value is -2.13. The van der Waals surface area contributed by atoms with Crippen molar-refractivity contribution in [2.24, 2.45) is 0 Å². The van der Waals surface area contributed by atoms with Crippen molar-refractivity contribution in [3.05, 3.63) is 65.7 Å². The van der Waals surface area contributed by atoms with E-state index in [1.807, 2.05) is 42.5 Å². The summed E-state index contributed by atoms with van der Waals surface area (Å²) in [5, 5.41) is 0. The molecule has 3 heteroatoms. The summed E-state index contributed by atoms with van der Waals surface area (Å²) in [5.41, 5.74) is 2.72. The molecule has 0 unspecified atom stereocenters. The molecular formula is C22H28N2O. The van der Waals surface area contributed by atoms with Gasteiger partial charge in [0.1, 0.15) is 0 Å². The zero-order valence-electron chi connectivity index (χ0n) is 15.3. The minimum atomic E-state index is 0.0886. The molecule has 1 fully saturated rings. The number of anilines is 1. The summed E-state index contributed by atoms with van der Waals surface area (Å²) >= 11 is 0. The fourth-order valence-corrected chi connectivity index (χ4v) is 3.73. The van der Waals surface area contributed by atoms with Crippen LogP contribution in [0.2, 0.25) is 0 Å². The summed E-state index contributed by atoms with van der Waals surface area (Å²) in [4.78, 5) is 17.5. The second kappa shape index (κ2) is 8.30. The third kappa shape index (κ3) is 4.10. The zero-order chi connectivity index (χ0) is 17.6. The molecule has 0 N–H and O–H groups in total. The van der Waals surface area contributed by atoms with Crippen LogP contribution in [-0.4, -0.2) is 42.9 Å². The molecule has 1 aliphatic rings. The van der Waals surface area contributed by atoms with Crippen molar-refractivity contribution in [1.29, 1.82) is 0 Å². The Balaban J connectivity index is 1.63. The largest absolute Gasteiger partial charge is 0.369 e. The molecule has 1 saturated heterocycles. The number of piperazine rings is 1. The van der Waals surface area contributed by atoms with E-state index in [1.165, 1.54) is 18.5 Å². The average Bonchev–Trinajstić information content (AvgIpc) is 2.70. The predicted molar refractivity (Wildman–Crippen MR) is 104 cm³/mol. The quantitative estimate of drug-likeness (QED) is 0.738. The number of hydrogen-bond donors (Lipinski definition) is 0. The van der Waals surface area contributed by atoms with Gasteiger partial charge in [-0.2, -0.15) is 0 Å². The maximum Gasteiger partial charge on any atom is 0.193 e. The first-order valence-electron chi connectivity index (χ1n) is 9.41.